The number of fused-ring (bicyclic) bond motifs is 1. The first-order chi connectivity index (χ1) is 16.9. The van der Waals surface area contributed by atoms with Gasteiger partial charge in [0.05, 0.1) is 24.2 Å². The number of aryl methyl sites for hydroxylation is 1. The van der Waals surface area contributed by atoms with Gasteiger partial charge in [-0.3, -0.25) is 19.6 Å². The molecule has 0 spiro atoms. The molecule has 1 saturated carbocycles. The Labute approximate surface area is 206 Å². The highest BCUT2D eigenvalue weighted by atomic mass is 16.5. The molecule has 1 N–H and O–H groups in total. The van der Waals surface area contributed by atoms with Crippen molar-refractivity contribution < 1.29 is 19.1 Å². The van der Waals surface area contributed by atoms with Crippen molar-refractivity contribution in [1.29, 1.82) is 0 Å². The van der Waals surface area contributed by atoms with Crippen LogP contribution < -0.4 is 5.32 Å². The molecule has 3 heterocycles. The highest BCUT2D eigenvalue weighted by molar-refractivity contribution is 6.02. The Kier molecular flexibility index (Phi) is 6.80. The Morgan fingerprint density at radius 3 is 2.46 bits per heavy atom. The number of piperidine rings is 2. The van der Waals surface area contributed by atoms with Crippen LogP contribution in [0.25, 0.3) is 10.9 Å². The summed E-state index contributed by atoms with van der Waals surface area (Å²) in [6.45, 7) is 1.64. The first kappa shape index (κ1) is 23.8. The second kappa shape index (κ2) is 9.99. The van der Waals surface area contributed by atoms with Gasteiger partial charge in [0.15, 0.2) is 0 Å². The smallest absolute Gasteiger partial charge is 0.409 e. The molecule has 3 amide bonds. The molecule has 35 heavy (non-hydrogen) atoms. The summed E-state index contributed by atoms with van der Waals surface area (Å²) in [5.74, 6) is 1.26. The lowest BCUT2D eigenvalue weighted by molar-refractivity contribution is -0.134. The van der Waals surface area contributed by atoms with Gasteiger partial charge in [-0.05, 0) is 80.8 Å². The number of aromatic nitrogens is 2. The molecule has 2 aromatic rings. The number of hydrogen-bond donors (Lipinski definition) is 1. The second-order valence-corrected chi connectivity index (χ2v) is 10.6. The minimum absolute atomic E-state index is 0.196. The zero-order valence-corrected chi connectivity index (χ0v) is 20.8. The number of ether oxygens (including phenoxy) is 1. The molecule has 1 aromatic carbocycles. The van der Waals surface area contributed by atoms with E-state index in [9.17, 15) is 14.4 Å². The average Bonchev–Trinajstić information content (AvgIpc) is 3.20. The highest BCUT2D eigenvalue weighted by Crippen LogP contribution is 2.41. The lowest BCUT2D eigenvalue weighted by atomic mass is 9.74. The largest absolute Gasteiger partial charge is 0.453 e. The van der Waals surface area contributed by atoms with Gasteiger partial charge in [0, 0.05) is 31.9 Å². The summed E-state index contributed by atoms with van der Waals surface area (Å²) >= 11 is 0. The number of imide groups is 1. The van der Waals surface area contributed by atoms with Gasteiger partial charge in [-0.1, -0.05) is 12.1 Å². The lowest BCUT2D eigenvalue weighted by Crippen LogP contribution is -2.39. The molecule has 0 radical (unpaired) electrons. The topological polar surface area (TPSA) is 93.5 Å². The standard InChI is InChI=1S/C27H36N4O4/c1-30-23-16-20(7-8-21(23)25(29-30)22-9-10-24(32)28-26(22)33)19-5-3-17(4-6-19)15-18-11-13-31(14-12-18)27(34)35-2/h7-8,16-19,22H,3-6,9-15H2,1-2H3,(H,28,32,33). The molecular formula is C27H36N4O4. The summed E-state index contributed by atoms with van der Waals surface area (Å²) in [5, 5.41) is 8.16. The van der Waals surface area contributed by atoms with Gasteiger partial charge in [0.1, 0.15) is 0 Å². The Balaban J connectivity index is 1.19. The molecule has 0 bridgehead atoms. The molecule has 3 fully saturated rings. The van der Waals surface area contributed by atoms with Crippen LogP contribution in [0.4, 0.5) is 4.79 Å². The number of likely N-dealkylation sites (tertiary alicyclic amines) is 1. The average molecular weight is 481 g/mol. The predicted molar refractivity (Wildman–Crippen MR) is 132 cm³/mol. The van der Waals surface area contributed by atoms with Crippen molar-refractivity contribution in [3.05, 3.63) is 29.5 Å². The van der Waals surface area contributed by atoms with Crippen molar-refractivity contribution in [2.75, 3.05) is 20.2 Å². The van der Waals surface area contributed by atoms with Crippen molar-refractivity contribution in [3.8, 4) is 0 Å². The number of benzene rings is 1. The van der Waals surface area contributed by atoms with Crippen LogP contribution in [0.2, 0.25) is 0 Å². The summed E-state index contributed by atoms with van der Waals surface area (Å²) in [5.41, 5.74) is 3.20. The Morgan fingerprint density at radius 2 is 1.77 bits per heavy atom. The molecule has 1 unspecified atom stereocenters. The van der Waals surface area contributed by atoms with E-state index >= 15 is 0 Å². The van der Waals surface area contributed by atoms with E-state index in [-0.39, 0.29) is 23.8 Å². The van der Waals surface area contributed by atoms with Crippen molar-refractivity contribution in [1.82, 2.24) is 20.0 Å². The van der Waals surface area contributed by atoms with Gasteiger partial charge in [-0.2, -0.15) is 5.10 Å². The highest BCUT2D eigenvalue weighted by Gasteiger charge is 2.32. The van der Waals surface area contributed by atoms with E-state index in [1.54, 1.807) is 0 Å². The first-order valence-electron chi connectivity index (χ1n) is 13.1. The number of hydrogen-bond acceptors (Lipinski definition) is 5. The summed E-state index contributed by atoms with van der Waals surface area (Å²) in [4.78, 5) is 37.5. The van der Waals surface area contributed by atoms with Gasteiger partial charge < -0.3 is 9.64 Å². The molecule has 5 rings (SSSR count). The molecule has 188 valence electrons. The summed E-state index contributed by atoms with van der Waals surface area (Å²) in [6.07, 6.45) is 9.05. The van der Waals surface area contributed by atoms with Crippen molar-refractivity contribution >= 4 is 28.8 Å². The Hall–Kier alpha value is -2.90. The van der Waals surface area contributed by atoms with Crippen LogP contribution >= 0.6 is 0 Å². The van der Waals surface area contributed by atoms with E-state index in [0.29, 0.717) is 24.7 Å². The molecule has 8 heteroatoms. The van der Waals surface area contributed by atoms with Crippen molar-refractivity contribution in [2.24, 2.45) is 18.9 Å². The Bertz CT molecular complexity index is 1110. The van der Waals surface area contributed by atoms with Crippen LogP contribution in [0, 0.1) is 11.8 Å². The van der Waals surface area contributed by atoms with Gasteiger partial charge in [0.2, 0.25) is 11.8 Å². The molecule has 8 nitrogen and oxygen atoms in total. The van der Waals surface area contributed by atoms with Crippen LogP contribution in [-0.4, -0.2) is 52.8 Å². The number of nitrogens with zero attached hydrogens (tertiary/aromatic N) is 3. The SMILES string of the molecule is COC(=O)N1CCC(CC2CCC(c3ccc4c(C5CCC(=O)NC5=O)nn(C)c4c3)CC2)CC1. The number of methoxy groups -OCH3 is 1. The summed E-state index contributed by atoms with van der Waals surface area (Å²) < 4.78 is 6.73. The maximum Gasteiger partial charge on any atom is 0.409 e. The summed E-state index contributed by atoms with van der Waals surface area (Å²) in [6, 6.07) is 6.59. The molecule has 3 aliphatic rings. The van der Waals surface area contributed by atoms with Crippen LogP contribution in [0.5, 0.6) is 0 Å². The first-order valence-corrected chi connectivity index (χ1v) is 13.1. The van der Waals surface area contributed by atoms with Crippen molar-refractivity contribution in [3.63, 3.8) is 0 Å². The normalized spacial score (nSPS) is 26.1. The molecule has 2 aliphatic heterocycles. The number of carbonyl (C=O) groups excluding carboxylic acids is 3. The van der Waals surface area contributed by atoms with E-state index < -0.39 is 0 Å². The van der Waals surface area contributed by atoms with E-state index in [0.717, 1.165) is 48.4 Å². The third-order valence-corrected chi connectivity index (χ3v) is 8.51. The van der Waals surface area contributed by atoms with Gasteiger partial charge >= 0.3 is 6.09 Å². The van der Waals surface area contributed by atoms with E-state index in [2.05, 4.69) is 28.6 Å². The quantitative estimate of drug-likeness (QED) is 0.661. The van der Waals surface area contributed by atoms with Gasteiger partial charge in [-0.15, -0.1) is 0 Å². The third kappa shape index (κ3) is 4.93. The summed E-state index contributed by atoms with van der Waals surface area (Å²) in [7, 11) is 3.39. The minimum atomic E-state index is -0.364. The van der Waals surface area contributed by atoms with E-state index in [4.69, 9.17) is 4.74 Å². The molecule has 2 saturated heterocycles. The fourth-order valence-electron chi connectivity index (χ4n) is 6.45. The minimum Gasteiger partial charge on any atom is -0.453 e. The number of amides is 3. The van der Waals surface area contributed by atoms with E-state index in [1.165, 1.54) is 44.8 Å². The Morgan fingerprint density at radius 1 is 1.06 bits per heavy atom. The second-order valence-electron chi connectivity index (χ2n) is 10.6. The number of rotatable bonds is 4. The number of carbonyl (C=O) groups is 3. The third-order valence-electron chi connectivity index (χ3n) is 8.51. The fraction of sp³-hybridized carbons (Fsp3) is 0.630. The maximum absolute atomic E-state index is 12.4. The molecule has 1 atom stereocenters. The van der Waals surface area contributed by atoms with Crippen LogP contribution in [-0.2, 0) is 21.4 Å². The molecule has 1 aliphatic carbocycles. The van der Waals surface area contributed by atoms with Gasteiger partial charge in [-0.25, -0.2) is 4.79 Å². The molecule has 1 aromatic heterocycles. The van der Waals surface area contributed by atoms with Crippen LogP contribution in [0.3, 0.4) is 0 Å². The zero-order valence-electron chi connectivity index (χ0n) is 20.8. The lowest BCUT2D eigenvalue weighted by Gasteiger charge is -2.35. The predicted octanol–water partition coefficient (Wildman–Crippen LogP) is 4.24. The van der Waals surface area contributed by atoms with Crippen LogP contribution in [0.1, 0.15) is 80.9 Å². The number of nitrogens with one attached hydrogen (secondary N) is 1. The van der Waals surface area contributed by atoms with E-state index in [1.807, 2.05) is 16.6 Å². The van der Waals surface area contributed by atoms with Crippen molar-refractivity contribution in [2.45, 2.75) is 69.6 Å². The maximum atomic E-state index is 12.4. The van der Waals surface area contributed by atoms with Gasteiger partial charge in [0.25, 0.3) is 0 Å². The fourth-order valence-corrected chi connectivity index (χ4v) is 6.45. The monoisotopic (exact) mass is 480 g/mol. The molecular weight excluding hydrogens is 444 g/mol. The zero-order chi connectivity index (χ0) is 24.5. The van der Waals surface area contributed by atoms with Crippen LogP contribution in [0.15, 0.2) is 18.2 Å².